The van der Waals surface area contributed by atoms with Crippen LogP contribution in [0.1, 0.15) is 29.2 Å². The zero-order valence-electron chi connectivity index (χ0n) is 29.0. The minimum Gasteiger partial charge on any atom is -0.508 e. The summed E-state index contributed by atoms with van der Waals surface area (Å²) in [4.78, 5) is 20.9. The highest BCUT2D eigenvalue weighted by Gasteiger charge is 2.17. The maximum Gasteiger partial charge on any atom is 0.341 e. The molecule has 4 aromatic carbocycles. The van der Waals surface area contributed by atoms with Gasteiger partial charge in [-0.1, -0.05) is 48.5 Å². The average molecular weight is 711 g/mol. The molecule has 272 valence electrons. The summed E-state index contributed by atoms with van der Waals surface area (Å²) >= 11 is 0. The van der Waals surface area contributed by atoms with Gasteiger partial charge in [0.05, 0.1) is 6.61 Å². The predicted molar refractivity (Wildman–Crippen MR) is 191 cm³/mol. The van der Waals surface area contributed by atoms with Crippen LogP contribution in [0.25, 0.3) is 0 Å². The molecule has 0 bridgehead atoms. The maximum absolute atomic E-state index is 10.7. The van der Waals surface area contributed by atoms with Crippen molar-refractivity contribution in [2.75, 3.05) is 26.9 Å². The van der Waals surface area contributed by atoms with Crippen LogP contribution in [0.15, 0.2) is 128 Å². The fourth-order valence-corrected chi connectivity index (χ4v) is 4.31. The molecule has 0 aliphatic carbocycles. The number of phenolic OH excluding ortho intramolecular Hbond substituents is 2. The number of rotatable bonds is 15. The number of Topliss-reactive ketones (excluding diaryl/α,β-unsaturated/α-hetero) is 1. The van der Waals surface area contributed by atoms with Gasteiger partial charge in [-0.3, -0.25) is 4.79 Å². The first-order valence-corrected chi connectivity index (χ1v) is 16.5. The van der Waals surface area contributed by atoms with E-state index in [9.17, 15) is 9.59 Å². The van der Waals surface area contributed by atoms with Gasteiger partial charge in [0, 0.05) is 26.4 Å². The molecular weight excluding hydrogens is 668 g/mol. The Labute approximate surface area is 301 Å². The van der Waals surface area contributed by atoms with Crippen LogP contribution in [-0.2, 0) is 40.0 Å². The fourth-order valence-electron chi connectivity index (χ4n) is 4.31. The second-order valence-corrected chi connectivity index (χ2v) is 11.8. The third-order valence-corrected chi connectivity index (χ3v) is 7.21. The normalized spacial score (nSPS) is 13.3. The topological polar surface area (TPSA) is 197 Å². The van der Waals surface area contributed by atoms with E-state index in [1.54, 1.807) is 43.5 Å². The van der Waals surface area contributed by atoms with Gasteiger partial charge in [0.1, 0.15) is 29.6 Å². The largest absolute Gasteiger partial charge is 0.508 e. The van der Waals surface area contributed by atoms with Crippen LogP contribution in [0.5, 0.6) is 23.0 Å². The molecule has 0 aromatic heterocycles. The molecule has 0 unspecified atom stereocenters. The maximum atomic E-state index is 10.7. The average Bonchev–Trinajstić information content (AvgIpc) is 3.98. The summed E-state index contributed by atoms with van der Waals surface area (Å²) in [5.41, 5.74) is 4.65. The molecule has 0 fully saturated rings. The lowest BCUT2D eigenvalue weighted by Gasteiger charge is -2.04. The van der Waals surface area contributed by atoms with E-state index >= 15 is 0 Å². The molecule has 3 aliphatic heterocycles. The highest BCUT2D eigenvalue weighted by molar-refractivity contribution is 5.77. The third-order valence-electron chi connectivity index (χ3n) is 7.21. The number of aromatic hydroxyl groups is 2. The summed E-state index contributed by atoms with van der Waals surface area (Å²) in [6, 6.07) is 29.2. The van der Waals surface area contributed by atoms with Gasteiger partial charge in [-0.15, -0.1) is 0 Å². The number of carbonyl (C=O) groups is 2. The molecular formula is C38H42N6O8. The number of ketones is 1. The SMILES string of the molecule is CC(=O)COc1ccc(CC2N=N2)cc1.COCCc1ccc(O)cc1.O=C(O)COc1ccc(CC2N=N2)cc1.Oc1ccc(CC2N=N2)cc1. The van der Waals surface area contributed by atoms with E-state index in [4.69, 9.17) is 29.5 Å². The molecule has 0 amide bonds. The highest BCUT2D eigenvalue weighted by Crippen LogP contribution is 2.21. The second kappa shape index (κ2) is 20.6. The smallest absolute Gasteiger partial charge is 0.341 e. The Bertz CT molecular complexity index is 1690. The standard InChI is InChI=1S/C11H12N2O2.C10H10N2O3.C9H12O2.C8H8N2O/c1-8(14)7-15-10-4-2-9(3-5-10)6-11-12-13-11;13-10(14)6-15-8-3-1-7(2-4-8)5-9-11-12-9;1-11-7-6-8-2-4-9(10)5-3-8;11-7-3-1-6(2-4-7)5-8-9-10-8/h2-5,11H,6-7H2,1H3;1-4,9H,5-6H2,(H,13,14);2-5,10H,6-7H2,1H3;1-4,8,11H,5H2. The molecule has 3 aliphatic rings. The first-order valence-electron chi connectivity index (χ1n) is 16.5. The summed E-state index contributed by atoms with van der Waals surface area (Å²) in [5, 5.41) is 49.1. The molecule has 4 aromatic rings. The molecule has 0 radical (unpaired) electrons. The Morgan fingerprint density at radius 1 is 0.558 bits per heavy atom. The van der Waals surface area contributed by atoms with Crippen LogP contribution in [0, 0.1) is 0 Å². The number of carboxylic acid groups (broad SMARTS) is 1. The van der Waals surface area contributed by atoms with E-state index in [-0.39, 0.29) is 37.5 Å². The second-order valence-electron chi connectivity index (χ2n) is 11.8. The Kier molecular flexibility index (Phi) is 15.4. The van der Waals surface area contributed by atoms with Crippen molar-refractivity contribution in [3.63, 3.8) is 0 Å². The minimum absolute atomic E-state index is 0.0228. The number of carboxylic acids is 1. The Morgan fingerprint density at radius 2 is 0.904 bits per heavy atom. The van der Waals surface area contributed by atoms with Crippen molar-refractivity contribution in [3.05, 3.63) is 119 Å². The van der Waals surface area contributed by atoms with Gasteiger partial charge in [-0.05, 0) is 84.1 Å². The van der Waals surface area contributed by atoms with E-state index in [1.807, 2.05) is 60.7 Å². The van der Waals surface area contributed by atoms with E-state index in [2.05, 4.69) is 30.7 Å². The summed E-state index contributed by atoms with van der Waals surface area (Å²) in [7, 11) is 1.68. The fraction of sp³-hybridized carbons (Fsp3) is 0.316. The number of benzene rings is 4. The van der Waals surface area contributed by atoms with Crippen LogP contribution in [0.3, 0.4) is 0 Å². The van der Waals surface area contributed by atoms with Crippen molar-refractivity contribution < 1.29 is 39.1 Å². The zero-order chi connectivity index (χ0) is 37.1. The molecule has 52 heavy (non-hydrogen) atoms. The van der Waals surface area contributed by atoms with Gasteiger partial charge in [0.15, 0.2) is 30.9 Å². The van der Waals surface area contributed by atoms with E-state index in [0.717, 1.165) is 49.2 Å². The third kappa shape index (κ3) is 17.1. The Hall–Kier alpha value is -6.02. The Morgan fingerprint density at radius 3 is 1.23 bits per heavy atom. The lowest BCUT2D eigenvalue weighted by molar-refractivity contribution is -0.139. The van der Waals surface area contributed by atoms with Gasteiger partial charge < -0.3 is 29.5 Å². The predicted octanol–water partition coefficient (Wildman–Crippen LogP) is 6.78. The van der Waals surface area contributed by atoms with E-state index in [0.29, 0.717) is 17.2 Å². The number of hydrogen-bond donors (Lipinski definition) is 3. The first kappa shape index (κ1) is 38.8. The molecule has 0 saturated carbocycles. The van der Waals surface area contributed by atoms with Gasteiger partial charge in [0.2, 0.25) is 0 Å². The van der Waals surface area contributed by atoms with Crippen molar-refractivity contribution in [1.29, 1.82) is 0 Å². The van der Waals surface area contributed by atoms with Crippen LogP contribution >= 0.6 is 0 Å². The lowest BCUT2D eigenvalue weighted by atomic mass is 10.1. The Balaban J connectivity index is 0.000000157. The molecule has 0 spiro atoms. The summed E-state index contributed by atoms with van der Waals surface area (Å²) in [6.45, 7) is 2.05. The molecule has 0 atom stereocenters. The van der Waals surface area contributed by atoms with Gasteiger partial charge >= 0.3 is 5.97 Å². The van der Waals surface area contributed by atoms with Crippen molar-refractivity contribution in [2.24, 2.45) is 30.7 Å². The summed E-state index contributed by atoms with van der Waals surface area (Å²) in [5.74, 6) is 0.943. The molecule has 0 saturated heterocycles. The molecule has 14 heteroatoms. The van der Waals surface area contributed by atoms with Crippen molar-refractivity contribution in [3.8, 4) is 23.0 Å². The van der Waals surface area contributed by atoms with E-state index < -0.39 is 5.97 Å². The van der Waals surface area contributed by atoms with Crippen LogP contribution in [0.4, 0.5) is 0 Å². The van der Waals surface area contributed by atoms with Gasteiger partial charge in [-0.25, -0.2) is 4.79 Å². The van der Waals surface area contributed by atoms with Crippen molar-refractivity contribution in [1.82, 2.24) is 0 Å². The van der Waals surface area contributed by atoms with Crippen LogP contribution in [-0.4, -0.2) is 72.5 Å². The number of ether oxygens (including phenoxy) is 3. The van der Waals surface area contributed by atoms with Crippen molar-refractivity contribution in [2.45, 2.75) is 51.1 Å². The molecule has 3 heterocycles. The number of carbonyl (C=O) groups excluding carboxylic acids is 1. The lowest BCUT2D eigenvalue weighted by Crippen LogP contribution is -2.09. The van der Waals surface area contributed by atoms with Crippen molar-refractivity contribution >= 4 is 11.8 Å². The number of phenols is 2. The molecule has 14 nitrogen and oxygen atoms in total. The minimum atomic E-state index is -0.977. The highest BCUT2D eigenvalue weighted by atomic mass is 16.5. The number of nitrogens with zero attached hydrogens (tertiary/aromatic N) is 6. The quantitative estimate of drug-likeness (QED) is 0.120. The first-order chi connectivity index (χ1) is 25.1. The van der Waals surface area contributed by atoms with Crippen LogP contribution in [0.2, 0.25) is 0 Å². The molecule has 7 rings (SSSR count). The number of aliphatic carboxylic acids is 1. The number of hydrogen-bond acceptors (Lipinski definition) is 13. The summed E-state index contributed by atoms with van der Waals surface area (Å²) < 4.78 is 15.2. The van der Waals surface area contributed by atoms with Crippen LogP contribution < -0.4 is 9.47 Å². The zero-order valence-corrected chi connectivity index (χ0v) is 29.0. The summed E-state index contributed by atoms with van der Waals surface area (Å²) in [6.07, 6.45) is 3.88. The van der Waals surface area contributed by atoms with Gasteiger partial charge in [-0.2, -0.15) is 30.7 Å². The molecule has 3 N–H and O–H groups in total. The monoisotopic (exact) mass is 710 g/mol. The van der Waals surface area contributed by atoms with Gasteiger partial charge in [0.25, 0.3) is 0 Å². The number of methoxy groups -OCH3 is 1. The van der Waals surface area contributed by atoms with E-state index in [1.165, 1.54) is 18.1 Å².